The molecule has 5 atom stereocenters. The summed E-state index contributed by atoms with van der Waals surface area (Å²) >= 11 is 0. The van der Waals surface area contributed by atoms with Gasteiger partial charge in [-0.25, -0.2) is 0 Å². The van der Waals surface area contributed by atoms with Gasteiger partial charge in [0.2, 0.25) is 0 Å². The number of ether oxygens (including phenoxy) is 1. The molecule has 0 N–H and O–H groups in total. The topological polar surface area (TPSA) is 52.6 Å². The fourth-order valence-electron chi connectivity index (χ4n) is 7.93. The second-order valence-corrected chi connectivity index (χ2v) is 17.2. The van der Waals surface area contributed by atoms with Crippen molar-refractivity contribution in [3.8, 4) is 0 Å². The molecule has 206 valence electrons. The second-order valence-electron chi connectivity index (χ2n) is 12.9. The number of carbonyl (C=O) groups is 2. The number of rotatable bonds is 9. The minimum atomic E-state index is -2.59. The van der Waals surface area contributed by atoms with Gasteiger partial charge in [0.05, 0.1) is 7.11 Å². The van der Waals surface area contributed by atoms with E-state index in [1.807, 2.05) is 0 Å². The minimum Gasteiger partial charge on any atom is -0.469 e. The van der Waals surface area contributed by atoms with Crippen LogP contribution in [-0.2, 0) is 18.8 Å². The van der Waals surface area contributed by atoms with E-state index in [-0.39, 0.29) is 22.3 Å². The lowest BCUT2D eigenvalue weighted by atomic mass is 9.58. The number of hydrogen-bond acceptors (Lipinski definition) is 4. The van der Waals surface area contributed by atoms with Crippen molar-refractivity contribution in [2.75, 3.05) is 13.7 Å². The average molecular weight is 535 g/mol. The fraction of sp³-hybridized carbons (Fsp3) is 0.576. The van der Waals surface area contributed by atoms with Crippen molar-refractivity contribution in [3.05, 3.63) is 60.7 Å². The quantitative estimate of drug-likeness (QED) is 0.285. The Kier molecular flexibility index (Phi) is 8.68. The summed E-state index contributed by atoms with van der Waals surface area (Å²) in [5, 5.41) is 2.58. The van der Waals surface area contributed by atoms with Crippen LogP contribution in [0.3, 0.4) is 0 Å². The zero-order valence-electron chi connectivity index (χ0n) is 24.2. The van der Waals surface area contributed by atoms with Crippen LogP contribution in [0.25, 0.3) is 0 Å². The summed E-state index contributed by atoms with van der Waals surface area (Å²) < 4.78 is 12.2. The van der Waals surface area contributed by atoms with Crippen LogP contribution in [0.5, 0.6) is 0 Å². The van der Waals surface area contributed by atoms with Crippen molar-refractivity contribution >= 4 is 30.4 Å². The van der Waals surface area contributed by atoms with Crippen LogP contribution >= 0.6 is 0 Å². The highest BCUT2D eigenvalue weighted by Gasteiger charge is 2.56. The molecule has 0 aromatic heterocycles. The molecule has 2 aromatic rings. The molecular formula is C33H46O4Si. The van der Waals surface area contributed by atoms with Crippen LogP contribution in [0.2, 0.25) is 5.04 Å². The van der Waals surface area contributed by atoms with Gasteiger partial charge in [0.25, 0.3) is 8.32 Å². The Morgan fingerprint density at radius 3 is 2.13 bits per heavy atom. The van der Waals surface area contributed by atoms with E-state index in [1.54, 1.807) is 0 Å². The van der Waals surface area contributed by atoms with E-state index >= 15 is 0 Å². The number of hydrogen-bond donors (Lipinski definition) is 0. The average Bonchev–Trinajstić information content (AvgIpc) is 3.26. The van der Waals surface area contributed by atoms with Crippen LogP contribution in [-0.4, -0.2) is 33.8 Å². The zero-order chi connectivity index (χ0) is 27.6. The van der Waals surface area contributed by atoms with E-state index in [0.717, 1.165) is 19.3 Å². The van der Waals surface area contributed by atoms with Gasteiger partial charge in [-0.2, -0.15) is 0 Å². The lowest BCUT2D eigenvalue weighted by molar-refractivity contribution is -0.142. The molecule has 0 saturated heterocycles. The minimum absolute atomic E-state index is 0.0253. The fourth-order valence-corrected chi connectivity index (χ4v) is 12.6. The number of carbonyl (C=O) groups excluding carboxylic acids is 2. The van der Waals surface area contributed by atoms with E-state index < -0.39 is 8.32 Å². The Balaban J connectivity index is 1.59. The largest absolute Gasteiger partial charge is 0.469 e. The number of esters is 1. The van der Waals surface area contributed by atoms with Crippen molar-refractivity contribution in [2.24, 2.45) is 29.1 Å². The third-order valence-electron chi connectivity index (χ3n) is 9.85. The van der Waals surface area contributed by atoms with Crippen molar-refractivity contribution in [3.63, 3.8) is 0 Å². The van der Waals surface area contributed by atoms with Crippen molar-refractivity contribution in [1.82, 2.24) is 0 Å². The molecule has 1 unspecified atom stereocenters. The zero-order valence-corrected chi connectivity index (χ0v) is 25.2. The Morgan fingerprint density at radius 2 is 1.61 bits per heavy atom. The van der Waals surface area contributed by atoms with Crippen molar-refractivity contribution < 1.29 is 18.8 Å². The molecule has 2 aromatic carbocycles. The normalized spacial score (nSPS) is 26.6. The maximum absolute atomic E-state index is 13.0. The SMILES string of the molecule is COC(=O)CC[C@H]1C(=O)CC[C@@]2(C)[C@@H](C(C)CO[Si](c3ccccc3)(c3ccccc3)C(C)(C)C)CC[C@H]12. The first-order valence-electron chi connectivity index (χ1n) is 14.4. The Hall–Kier alpha value is -2.24. The summed E-state index contributed by atoms with van der Waals surface area (Å²) in [6.45, 7) is 12.5. The molecule has 0 aliphatic heterocycles. The molecule has 2 saturated carbocycles. The monoisotopic (exact) mass is 534 g/mol. The first-order valence-corrected chi connectivity index (χ1v) is 16.3. The molecule has 0 bridgehead atoms. The van der Waals surface area contributed by atoms with Gasteiger partial charge in [0.15, 0.2) is 0 Å². The summed E-state index contributed by atoms with van der Waals surface area (Å²) in [5.41, 5.74) is 0.100. The van der Waals surface area contributed by atoms with Crippen LogP contribution in [0.1, 0.15) is 73.1 Å². The van der Waals surface area contributed by atoms with E-state index in [2.05, 4.69) is 95.3 Å². The Labute approximate surface area is 230 Å². The highest BCUT2D eigenvalue weighted by molar-refractivity contribution is 6.99. The predicted molar refractivity (Wildman–Crippen MR) is 156 cm³/mol. The summed E-state index contributed by atoms with van der Waals surface area (Å²) in [6.07, 6.45) is 4.69. The van der Waals surface area contributed by atoms with Gasteiger partial charge < -0.3 is 9.16 Å². The molecule has 4 rings (SSSR count). The molecule has 2 aliphatic rings. The molecule has 2 fully saturated rings. The summed E-state index contributed by atoms with van der Waals surface area (Å²) in [5.74, 6) is 1.32. The second kappa shape index (κ2) is 11.5. The maximum atomic E-state index is 13.0. The Bertz CT molecular complexity index is 1050. The van der Waals surface area contributed by atoms with Crippen LogP contribution in [0.15, 0.2) is 60.7 Å². The number of benzene rings is 2. The van der Waals surface area contributed by atoms with E-state index in [1.165, 1.54) is 17.5 Å². The summed E-state index contributed by atoms with van der Waals surface area (Å²) in [7, 11) is -1.17. The van der Waals surface area contributed by atoms with Crippen molar-refractivity contribution in [1.29, 1.82) is 0 Å². The van der Waals surface area contributed by atoms with Gasteiger partial charge in [-0.05, 0) is 64.3 Å². The molecule has 0 heterocycles. The van der Waals surface area contributed by atoms with E-state index in [0.29, 0.717) is 49.4 Å². The highest BCUT2D eigenvalue weighted by Crippen LogP contribution is 2.59. The lowest BCUT2D eigenvalue weighted by Gasteiger charge is -2.47. The third kappa shape index (κ3) is 5.29. The van der Waals surface area contributed by atoms with Gasteiger partial charge in [0, 0.05) is 25.4 Å². The lowest BCUT2D eigenvalue weighted by Crippen LogP contribution is -2.67. The molecule has 0 amide bonds. The number of methoxy groups -OCH3 is 1. The Morgan fingerprint density at radius 1 is 1.03 bits per heavy atom. The highest BCUT2D eigenvalue weighted by atomic mass is 28.4. The molecule has 0 radical (unpaired) electrons. The standard InChI is InChI=1S/C33H46O4Si/c1-24(28-18-19-29-27(17-20-31(35)36-6)30(34)21-22-33(28,29)5)23-37-38(32(2,3)4,25-13-9-7-10-14-25)26-15-11-8-12-16-26/h7-16,24,27-29H,17-23H2,1-6H3/t24?,27-,28-,29-,33+/m1/s1. The molecule has 5 heteroatoms. The molecule has 2 aliphatic carbocycles. The van der Waals surface area contributed by atoms with Crippen molar-refractivity contribution in [2.45, 2.75) is 78.2 Å². The first kappa shape index (κ1) is 28.8. The maximum Gasteiger partial charge on any atom is 0.305 e. The van der Waals surface area contributed by atoms with Crippen LogP contribution < -0.4 is 10.4 Å². The molecule has 0 spiro atoms. The third-order valence-corrected chi connectivity index (χ3v) is 14.9. The first-order chi connectivity index (χ1) is 18.0. The number of fused-ring (bicyclic) bond motifs is 1. The predicted octanol–water partition coefficient (Wildman–Crippen LogP) is 6.16. The van der Waals surface area contributed by atoms with Crippen LogP contribution in [0, 0.1) is 29.1 Å². The van der Waals surface area contributed by atoms with Gasteiger partial charge in [0.1, 0.15) is 5.78 Å². The summed E-state index contributed by atoms with van der Waals surface area (Å²) in [6, 6.07) is 21.7. The van der Waals surface area contributed by atoms with Crippen LogP contribution in [0.4, 0.5) is 0 Å². The number of Topliss-reactive ketones (excluding diaryl/α,β-unsaturated/α-hetero) is 1. The van der Waals surface area contributed by atoms with Gasteiger partial charge in [-0.15, -0.1) is 0 Å². The molecule has 4 nitrogen and oxygen atoms in total. The smallest absolute Gasteiger partial charge is 0.305 e. The van der Waals surface area contributed by atoms with E-state index in [4.69, 9.17) is 9.16 Å². The van der Waals surface area contributed by atoms with E-state index in [9.17, 15) is 9.59 Å². The van der Waals surface area contributed by atoms with Gasteiger partial charge in [-0.3, -0.25) is 9.59 Å². The molecule has 38 heavy (non-hydrogen) atoms. The van der Waals surface area contributed by atoms with Gasteiger partial charge >= 0.3 is 5.97 Å². The number of ketones is 1. The van der Waals surface area contributed by atoms with Gasteiger partial charge in [-0.1, -0.05) is 95.3 Å². The summed E-state index contributed by atoms with van der Waals surface area (Å²) in [4.78, 5) is 24.8. The molecular weight excluding hydrogens is 488 g/mol.